The molecule has 0 unspecified atom stereocenters. The first-order valence-corrected chi connectivity index (χ1v) is 7.70. The van der Waals surface area contributed by atoms with Gasteiger partial charge >= 0.3 is 11.5 Å². The van der Waals surface area contributed by atoms with Crippen LogP contribution in [0.3, 0.4) is 0 Å². The highest BCUT2D eigenvalue weighted by molar-refractivity contribution is 5.63. The molecule has 0 radical (unpaired) electrons. The molecule has 21 heavy (non-hydrogen) atoms. The minimum absolute atomic E-state index is 0.938. The molecule has 0 fully saturated rings. The van der Waals surface area contributed by atoms with E-state index in [9.17, 15) is 0 Å². The van der Waals surface area contributed by atoms with Crippen LogP contribution in [0.25, 0.3) is 11.1 Å². The van der Waals surface area contributed by atoms with Gasteiger partial charge in [-0.05, 0) is 11.1 Å². The first-order chi connectivity index (χ1) is 9.83. The van der Waals surface area contributed by atoms with Crippen molar-refractivity contribution >= 4 is 0 Å². The molecule has 1 aromatic carbocycles. The fourth-order valence-electron chi connectivity index (χ4n) is 1.76. The van der Waals surface area contributed by atoms with E-state index in [1.54, 1.807) is 0 Å². The molecule has 0 spiro atoms. The predicted octanol–water partition coefficient (Wildman–Crippen LogP) is -0.404. The van der Waals surface area contributed by atoms with Gasteiger partial charge in [-0.3, -0.25) is 0 Å². The van der Waals surface area contributed by atoms with Gasteiger partial charge in [0, 0.05) is 12.1 Å². The van der Waals surface area contributed by atoms with Gasteiger partial charge in [0.25, 0.3) is 0 Å². The zero-order chi connectivity index (χ0) is 15.9. The predicted molar refractivity (Wildman–Crippen MR) is 67.3 cm³/mol. The smallest absolute Gasteiger partial charge is 0.222 e. The second-order valence-electron chi connectivity index (χ2n) is 4.23. The van der Waals surface area contributed by atoms with Crippen molar-refractivity contribution in [3.63, 3.8) is 0 Å². The molecule has 0 aliphatic heterocycles. The summed E-state index contributed by atoms with van der Waals surface area (Å²) in [4.78, 5) is 0. The Labute approximate surface area is 125 Å². The lowest BCUT2D eigenvalue weighted by Crippen LogP contribution is -2.68. The van der Waals surface area contributed by atoms with Gasteiger partial charge in [0.2, 0.25) is 0 Å². The van der Waals surface area contributed by atoms with E-state index in [1.165, 1.54) is 11.1 Å². The number of aryl methyl sites for hydroxylation is 2. The Morgan fingerprint density at radius 3 is 1.62 bits per heavy atom. The summed E-state index contributed by atoms with van der Waals surface area (Å²) >= 11 is 0. The maximum absolute atomic E-state index is 8.49. The average Bonchev–Trinajstić information content (AvgIpc) is 2.46. The molecule has 0 aliphatic carbocycles. The highest BCUT2D eigenvalue weighted by atomic mass is 35.7. The van der Waals surface area contributed by atoms with Crippen molar-refractivity contribution in [2.45, 2.75) is 26.7 Å². The maximum Gasteiger partial charge on any atom is 0.329 e. The van der Waals surface area contributed by atoms with Gasteiger partial charge < -0.3 is 0 Å². The normalized spacial score (nSPS) is 10.8. The van der Waals surface area contributed by atoms with Crippen LogP contribution >= 0.6 is 0 Å². The maximum atomic E-state index is 8.49. The third-order valence-electron chi connectivity index (χ3n) is 2.70. The Morgan fingerprint density at radius 1 is 0.810 bits per heavy atom. The molecule has 1 heterocycles. The Hall–Kier alpha value is -1.50. The van der Waals surface area contributed by atoms with Gasteiger partial charge in [0.1, 0.15) is 0 Å². The topological polar surface area (TPSA) is 104 Å². The highest BCUT2D eigenvalue weighted by Crippen LogP contribution is 2.22. The number of halogens is 1. The Morgan fingerprint density at radius 2 is 1.24 bits per heavy atom. The molecule has 0 amide bonds. The summed E-state index contributed by atoms with van der Waals surface area (Å²) in [7, 11) is -4.94. The second kappa shape index (κ2) is 8.07. The van der Waals surface area contributed by atoms with Crippen LogP contribution in [0, 0.1) is 10.2 Å². The van der Waals surface area contributed by atoms with E-state index in [4.69, 9.17) is 23.1 Å². The van der Waals surface area contributed by atoms with E-state index in [1.807, 2.05) is 6.07 Å². The third kappa shape index (κ3) is 7.17. The van der Waals surface area contributed by atoms with Crippen molar-refractivity contribution < 1.29 is 33.3 Å². The van der Waals surface area contributed by atoms with E-state index in [-0.39, 0.29) is 0 Å². The van der Waals surface area contributed by atoms with Gasteiger partial charge in [-0.25, -0.2) is 23.1 Å². The van der Waals surface area contributed by atoms with Gasteiger partial charge in [-0.1, -0.05) is 44.2 Å². The van der Waals surface area contributed by atoms with Crippen molar-refractivity contribution in [3.05, 3.63) is 54.0 Å². The molecular formula is C15H17ClO5. The molecule has 5 nitrogen and oxygen atoms in total. The van der Waals surface area contributed by atoms with Crippen molar-refractivity contribution in [1.82, 2.24) is 0 Å². The van der Waals surface area contributed by atoms with Gasteiger partial charge in [0.15, 0.2) is 0 Å². The van der Waals surface area contributed by atoms with Gasteiger partial charge in [-0.2, -0.15) is 0 Å². The first-order valence-electron chi connectivity index (χ1n) is 6.46. The standard InChI is InChI=1S/C15H17O.ClHO4/c1-3-14-10-13(11-15(4-2)16-14)12-8-6-5-7-9-12;2-1(3,4)5/h5-11H,3-4H2,1-2H3;(H,2,3,4,5)/q+1;/p-1. The molecule has 2 rings (SSSR count). The lowest BCUT2D eigenvalue weighted by atomic mass is 10.0. The third-order valence-corrected chi connectivity index (χ3v) is 2.70. The minimum Gasteiger partial charge on any atom is -0.222 e. The average molecular weight is 313 g/mol. The molecule has 0 atom stereocenters. The molecule has 0 aliphatic rings. The summed E-state index contributed by atoms with van der Waals surface area (Å²) < 4.78 is 39.7. The Kier molecular flexibility index (Phi) is 6.74. The van der Waals surface area contributed by atoms with Crippen LogP contribution in [0.4, 0.5) is 0 Å². The van der Waals surface area contributed by atoms with Crippen molar-refractivity contribution in [1.29, 1.82) is 0 Å². The molecule has 2 aromatic rings. The zero-order valence-corrected chi connectivity index (χ0v) is 12.6. The Bertz CT molecular complexity index is 523. The molecule has 0 saturated carbocycles. The number of hydrogen-bond donors (Lipinski definition) is 0. The SMILES string of the molecule is CCc1cc(-c2ccccc2)cc(CC)[o+]1.[O-][Cl+3]([O-])([O-])[O-]. The monoisotopic (exact) mass is 312 g/mol. The Balaban J connectivity index is 0.000000383. The molecule has 1 aromatic heterocycles. The fraction of sp³-hybridized carbons (Fsp3) is 0.267. The summed E-state index contributed by atoms with van der Waals surface area (Å²) in [5.74, 6) is 2.11. The molecular weight excluding hydrogens is 296 g/mol. The molecule has 6 heteroatoms. The lowest BCUT2D eigenvalue weighted by Gasteiger charge is -2.17. The van der Waals surface area contributed by atoms with Crippen LogP contribution in [0.15, 0.2) is 46.9 Å². The summed E-state index contributed by atoms with van der Waals surface area (Å²) in [5, 5.41) is 0. The molecule has 0 saturated heterocycles. The minimum atomic E-state index is -4.94. The summed E-state index contributed by atoms with van der Waals surface area (Å²) in [6.07, 6.45) is 1.88. The van der Waals surface area contributed by atoms with Crippen molar-refractivity contribution in [2.75, 3.05) is 0 Å². The van der Waals surface area contributed by atoms with E-state index < -0.39 is 10.2 Å². The van der Waals surface area contributed by atoms with E-state index in [0.29, 0.717) is 0 Å². The second-order valence-corrected chi connectivity index (χ2v) is 4.99. The quantitative estimate of drug-likeness (QED) is 0.717. The summed E-state index contributed by atoms with van der Waals surface area (Å²) in [6, 6.07) is 14.7. The van der Waals surface area contributed by atoms with E-state index >= 15 is 0 Å². The van der Waals surface area contributed by atoms with Crippen LogP contribution in [-0.4, -0.2) is 0 Å². The van der Waals surface area contributed by atoms with Crippen molar-refractivity contribution in [2.24, 2.45) is 0 Å². The lowest BCUT2D eigenvalue weighted by molar-refractivity contribution is -2.00. The van der Waals surface area contributed by atoms with Crippen LogP contribution < -0.4 is 18.6 Å². The molecule has 114 valence electrons. The molecule has 0 N–H and O–H groups in total. The fourth-order valence-corrected chi connectivity index (χ4v) is 1.76. The number of benzene rings is 1. The summed E-state index contributed by atoms with van der Waals surface area (Å²) in [5.41, 5.74) is 2.50. The number of rotatable bonds is 3. The number of hydrogen-bond acceptors (Lipinski definition) is 4. The van der Waals surface area contributed by atoms with Crippen LogP contribution in [0.5, 0.6) is 0 Å². The van der Waals surface area contributed by atoms with E-state index in [0.717, 1.165) is 24.4 Å². The van der Waals surface area contributed by atoms with Crippen molar-refractivity contribution in [3.8, 4) is 11.1 Å². The first kappa shape index (κ1) is 17.6. The zero-order valence-electron chi connectivity index (χ0n) is 11.9. The highest BCUT2D eigenvalue weighted by Gasteiger charge is 2.13. The summed E-state index contributed by atoms with van der Waals surface area (Å²) in [6.45, 7) is 4.24. The van der Waals surface area contributed by atoms with Crippen LogP contribution in [0.2, 0.25) is 0 Å². The largest absolute Gasteiger partial charge is 0.329 e. The van der Waals surface area contributed by atoms with Gasteiger partial charge in [0.05, 0.1) is 12.8 Å². The van der Waals surface area contributed by atoms with Crippen LogP contribution in [-0.2, 0) is 12.8 Å². The molecule has 0 bridgehead atoms. The van der Waals surface area contributed by atoms with E-state index in [2.05, 4.69) is 50.2 Å². The van der Waals surface area contributed by atoms with Crippen LogP contribution in [0.1, 0.15) is 25.4 Å². The van der Waals surface area contributed by atoms with Gasteiger partial charge in [-0.15, -0.1) is 10.2 Å².